The minimum atomic E-state index is -0.0231. The average Bonchev–Trinajstić information content (AvgIpc) is 2.57. The lowest BCUT2D eigenvalue weighted by atomic mass is 10.0. The fraction of sp³-hybridized carbons (Fsp3) is 0.955. The van der Waals surface area contributed by atoms with Crippen molar-refractivity contribution in [1.29, 1.82) is 0 Å². The standard InChI is InChI=1S/C22H45O2/c1-21(2)18-16-14-12-10-8-6-5-7-9-11-13-15-17-19-24-20-22(3)23-4/h21-22H,3,5-20H2,1-2,4H3. The maximum absolute atomic E-state index is 5.52. The Bertz CT molecular complexity index is 228. The van der Waals surface area contributed by atoms with Crippen LogP contribution in [0.25, 0.3) is 0 Å². The van der Waals surface area contributed by atoms with Gasteiger partial charge in [-0.15, -0.1) is 0 Å². The van der Waals surface area contributed by atoms with E-state index in [9.17, 15) is 0 Å². The highest BCUT2D eigenvalue weighted by Crippen LogP contribution is 2.14. The number of hydrogen-bond acceptors (Lipinski definition) is 2. The van der Waals surface area contributed by atoms with Crippen molar-refractivity contribution in [2.45, 2.75) is 110 Å². The molecule has 0 aromatic rings. The maximum atomic E-state index is 5.52. The summed E-state index contributed by atoms with van der Waals surface area (Å²) in [5.74, 6) is 0.884. The van der Waals surface area contributed by atoms with E-state index in [4.69, 9.17) is 9.47 Å². The van der Waals surface area contributed by atoms with Crippen LogP contribution in [0.15, 0.2) is 0 Å². The quantitative estimate of drug-likeness (QED) is 0.236. The number of unbranched alkanes of at least 4 members (excludes halogenated alkanes) is 12. The fourth-order valence-corrected chi connectivity index (χ4v) is 2.98. The Morgan fingerprint density at radius 2 is 1.08 bits per heavy atom. The number of rotatable bonds is 19. The molecule has 2 heteroatoms. The van der Waals surface area contributed by atoms with Gasteiger partial charge in [-0.05, 0) is 19.3 Å². The molecule has 24 heavy (non-hydrogen) atoms. The summed E-state index contributed by atoms with van der Waals surface area (Å²) in [7, 11) is 1.68. The number of hydrogen-bond donors (Lipinski definition) is 0. The van der Waals surface area contributed by atoms with Gasteiger partial charge in [-0.1, -0.05) is 97.3 Å². The number of ether oxygens (including phenoxy) is 2. The summed E-state index contributed by atoms with van der Waals surface area (Å²) in [6, 6.07) is 0. The van der Waals surface area contributed by atoms with Crippen LogP contribution in [0.4, 0.5) is 0 Å². The van der Waals surface area contributed by atoms with Crippen LogP contribution in [0.5, 0.6) is 0 Å². The van der Waals surface area contributed by atoms with Crippen molar-refractivity contribution in [1.82, 2.24) is 0 Å². The summed E-state index contributed by atoms with van der Waals surface area (Å²) in [6.07, 6.45) is 19.6. The van der Waals surface area contributed by atoms with Gasteiger partial charge in [0.25, 0.3) is 0 Å². The van der Waals surface area contributed by atoms with Crippen molar-refractivity contribution >= 4 is 0 Å². The molecule has 0 aliphatic heterocycles. The van der Waals surface area contributed by atoms with Gasteiger partial charge in [0.05, 0.1) is 12.7 Å². The van der Waals surface area contributed by atoms with Crippen LogP contribution in [-0.4, -0.2) is 26.4 Å². The predicted molar refractivity (Wildman–Crippen MR) is 106 cm³/mol. The highest BCUT2D eigenvalue weighted by molar-refractivity contribution is 4.56. The molecule has 1 radical (unpaired) electrons. The van der Waals surface area contributed by atoms with Gasteiger partial charge in [0.1, 0.15) is 0 Å². The van der Waals surface area contributed by atoms with Gasteiger partial charge in [0, 0.05) is 13.7 Å². The molecule has 0 aromatic carbocycles. The highest BCUT2D eigenvalue weighted by atomic mass is 16.5. The predicted octanol–water partition coefficient (Wildman–Crippen LogP) is 6.97. The minimum absolute atomic E-state index is 0.0231. The highest BCUT2D eigenvalue weighted by Gasteiger charge is 1.99. The van der Waals surface area contributed by atoms with Crippen LogP contribution in [0.2, 0.25) is 0 Å². The second kappa shape index (κ2) is 19.2. The summed E-state index contributed by atoms with van der Waals surface area (Å²) >= 11 is 0. The van der Waals surface area contributed by atoms with Crippen molar-refractivity contribution in [3.8, 4) is 0 Å². The molecule has 0 aliphatic carbocycles. The summed E-state index contributed by atoms with van der Waals surface area (Å²) in [5.41, 5.74) is 0. The van der Waals surface area contributed by atoms with Crippen LogP contribution >= 0.6 is 0 Å². The van der Waals surface area contributed by atoms with E-state index < -0.39 is 0 Å². The normalized spacial score (nSPS) is 12.9. The van der Waals surface area contributed by atoms with Gasteiger partial charge in [-0.3, -0.25) is 0 Å². The summed E-state index contributed by atoms with van der Waals surface area (Å²) in [6.45, 7) is 9.95. The van der Waals surface area contributed by atoms with Crippen LogP contribution in [0.3, 0.4) is 0 Å². The zero-order valence-corrected chi connectivity index (χ0v) is 17.0. The molecule has 0 saturated heterocycles. The molecule has 0 amide bonds. The molecule has 1 atom stereocenters. The van der Waals surface area contributed by atoms with Crippen LogP contribution in [-0.2, 0) is 9.47 Å². The minimum Gasteiger partial charge on any atom is -0.379 e. The van der Waals surface area contributed by atoms with Crippen molar-refractivity contribution in [3.63, 3.8) is 0 Å². The molecular formula is C22H45O2. The lowest BCUT2D eigenvalue weighted by molar-refractivity contribution is 0.0303. The molecule has 0 N–H and O–H groups in total. The molecule has 0 aliphatic rings. The summed E-state index contributed by atoms with van der Waals surface area (Å²) in [5, 5.41) is 0. The van der Waals surface area contributed by atoms with E-state index in [1.165, 1.54) is 89.9 Å². The van der Waals surface area contributed by atoms with E-state index in [0.29, 0.717) is 6.61 Å². The third-order valence-electron chi connectivity index (χ3n) is 4.71. The first kappa shape index (κ1) is 23.9. The molecule has 0 aromatic heterocycles. The Labute approximate surface area is 153 Å². The van der Waals surface area contributed by atoms with Crippen molar-refractivity contribution in [2.24, 2.45) is 5.92 Å². The Hall–Kier alpha value is -0.0800. The van der Waals surface area contributed by atoms with Crippen LogP contribution in [0.1, 0.15) is 104 Å². The van der Waals surface area contributed by atoms with Crippen molar-refractivity contribution < 1.29 is 9.47 Å². The van der Waals surface area contributed by atoms with E-state index >= 15 is 0 Å². The van der Waals surface area contributed by atoms with Gasteiger partial charge in [0.2, 0.25) is 0 Å². The molecule has 1 unspecified atom stereocenters. The SMILES string of the molecule is [CH2]C(COCCCCCCCCCCCCCCCC(C)C)OC. The third-order valence-corrected chi connectivity index (χ3v) is 4.71. The molecule has 0 heterocycles. The Morgan fingerprint density at radius 3 is 1.50 bits per heavy atom. The second-order valence-electron chi connectivity index (χ2n) is 7.71. The van der Waals surface area contributed by atoms with Crippen LogP contribution in [0, 0.1) is 12.8 Å². The molecule has 2 nitrogen and oxygen atoms in total. The van der Waals surface area contributed by atoms with E-state index in [-0.39, 0.29) is 6.10 Å². The van der Waals surface area contributed by atoms with Gasteiger partial charge in [0.15, 0.2) is 0 Å². The maximum Gasteiger partial charge on any atom is 0.0805 e. The second-order valence-corrected chi connectivity index (χ2v) is 7.71. The lowest BCUT2D eigenvalue weighted by Gasteiger charge is -2.09. The molecule has 0 bridgehead atoms. The molecule has 0 saturated carbocycles. The van der Waals surface area contributed by atoms with E-state index in [1.54, 1.807) is 7.11 Å². The zero-order valence-electron chi connectivity index (χ0n) is 17.0. The smallest absolute Gasteiger partial charge is 0.0805 e. The molecule has 0 fully saturated rings. The van der Waals surface area contributed by atoms with E-state index in [1.807, 2.05) is 0 Å². The first-order valence-corrected chi connectivity index (χ1v) is 10.6. The Kier molecular flexibility index (Phi) is 19.2. The largest absolute Gasteiger partial charge is 0.379 e. The fourth-order valence-electron chi connectivity index (χ4n) is 2.98. The zero-order chi connectivity index (χ0) is 17.9. The first-order chi connectivity index (χ1) is 11.7. The topological polar surface area (TPSA) is 18.5 Å². The Morgan fingerprint density at radius 1 is 0.667 bits per heavy atom. The molecule has 0 rings (SSSR count). The molecule has 0 spiro atoms. The summed E-state index contributed by atoms with van der Waals surface area (Å²) in [4.78, 5) is 0. The van der Waals surface area contributed by atoms with Crippen molar-refractivity contribution in [2.75, 3.05) is 20.3 Å². The molecule has 145 valence electrons. The van der Waals surface area contributed by atoms with E-state index in [0.717, 1.165) is 12.5 Å². The van der Waals surface area contributed by atoms with E-state index in [2.05, 4.69) is 20.8 Å². The number of methoxy groups -OCH3 is 1. The van der Waals surface area contributed by atoms with Crippen LogP contribution < -0.4 is 0 Å². The van der Waals surface area contributed by atoms with Crippen molar-refractivity contribution in [3.05, 3.63) is 6.92 Å². The lowest BCUT2D eigenvalue weighted by Crippen LogP contribution is -2.14. The van der Waals surface area contributed by atoms with Gasteiger partial charge >= 0.3 is 0 Å². The summed E-state index contributed by atoms with van der Waals surface area (Å²) < 4.78 is 10.6. The molecular weight excluding hydrogens is 296 g/mol. The average molecular weight is 342 g/mol. The third kappa shape index (κ3) is 20.0. The monoisotopic (exact) mass is 341 g/mol. The first-order valence-electron chi connectivity index (χ1n) is 10.6. The van der Waals surface area contributed by atoms with Gasteiger partial charge < -0.3 is 9.47 Å². The van der Waals surface area contributed by atoms with Gasteiger partial charge in [-0.25, -0.2) is 0 Å². The Balaban J connectivity index is 3.00. The van der Waals surface area contributed by atoms with Gasteiger partial charge in [-0.2, -0.15) is 0 Å².